The number of halogens is 1. The standard InChI is InChI=1S/C13H13FN4OS/c1-18-7-16-6-11(18)13(19)17-5-9-3-2-8(12(15)20)4-10(9)14/h2-4,6-7H,5H2,1H3,(H2,15,20)(H,17,19). The van der Waals surface area contributed by atoms with Gasteiger partial charge in [-0.15, -0.1) is 0 Å². The topological polar surface area (TPSA) is 72.9 Å². The highest BCUT2D eigenvalue weighted by Gasteiger charge is 2.11. The van der Waals surface area contributed by atoms with Crippen LogP contribution >= 0.6 is 12.2 Å². The number of nitrogens with one attached hydrogen (secondary N) is 1. The van der Waals surface area contributed by atoms with Crippen molar-refractivity contribution in [1.82, 2.24) is 14.9 Å². The van der Waals surface area contributed by atoms with Crippen molar-refractivity contribution in [3.63, 3.8) is 0 Å². The molecule has 1 heterocycles. The predicted molar refractivity (Wildman–Crippen MR) is 76.7 cm³/mol. The van der Waals surface area contributed by atoms with Gasteiger partial charge >= 0.3 is 0 Å². The predicted octanol–water partition coefficient (Wildman–Crippen LogP) is 1.12. The summed E-state index contributed by atoms with van der Waals surface area (Å²) in [6, 6.07) is 4.43. The minimum absolute atomic E-state index is 0.0768. The van der Waals surface area contributed by atoms with Crippen LogP contribution in [-0.2, 0) is 13.6 Å². The zero-order valence-electron chi connectivity index (χ0n) is 10.8. The summed E-state index contributed by atoms with van der Waals surface area (Å²) in [7, 11) is 1.71. The van der Waals surface area contributed by atoms with Crippen LogP contribution in [0.2, 0.25) is 0 Å². The van der Waals surface area contributed by atoms with Gasteiger partial charge in [0.1, 0.15) is 16.5 Å². The molecule has 5 nitrogen and oxygen atoms in total. The molecule has 0 aliphatic carbocycles. The Morgan fingerprint density at radius 1 is 1.55 bits per heavy atom. The average Bonchev–Trinajstić information content (AvgIpc) is 2.83. The molecule has 0 bridgehead atoms. The highest BCUT2D eigenvalue weighted by atomic mass is 32.1. The lowest BCUT2D eigenvalue weighted by molar-refractivity contribution is 0.0942. The molecule has 7 heteroatoms. The molecule has 0 unspecified atom stereocenters. The van der Waals surface area contributed by atoms with Gasteiger partial charge in [-0.3, -0.25) is 4.79 Å². The number of thiocarbonyl (C=S) groups is 1. The number of imidazole rings is 1. The summed E-state index contributed by atoms with van der Waals surface area (Å²) in [6.07, 6.45) is 2.97. The first-order valence-electron chi connectivity index (χ1n) is 5.82. The SMILES string of the molecule is Cn1cncc1C(=O)NCc1ccc(C(N)=S)cc1F. The van der Waals surface area contributed by atoms with E-state index in [0.29, 0.717) is 16.8 Å². The number of hydrogen-bond donors (Lipinski definition) is 2. The van der Waals surface area contributed by atoms with Gasteiger partial charge in [0, 0.05) is 24.7 Å². The first-order chi connectivity index (χ1) is 9.49. The van der Waals surface area contributed by atoms with E-state index in [1.807, 2.05) is 0 Å². The number of nitrogens with zero attached hydrogens (tertiary/aromatic N) is 2. The van der Waals surface area contributed by atoms with Gasteiger partial charge in [0.25, 0.3) is 5.91 Å². The highest BCUT2D eigenvalue weighted by molar-refractivity contribution is 7.80. The number of rotatable bonds is 4. The van der Waals surface area contributed by atoms with Crippen molar-refractivity contribution in [2.75, 3.05) is 0 Å². The fourth-order valence-electron chi connectivity index (χ4n) is 1.69. The van der Waals surface area contributed by atoms with Crippen molar-refractivity contribution in [3.8, 4) is 0 Å². The monoisotopic (exact) mass is 292 g/mol. The molecule has 2 aromatic rings. The summed E-state index contributed by atoms with van der Waals surface area (Å²) < 4.78 is 15.4. The van der Waals surface area contributed by atoms with Gasteiger partial charge in [0.2, 0.25) is 0 Å². The number of carbonyl (C=O) groups is 1. The van der Waals surface area contributed by atoms with Crippen LogP contribution in [0.15, 0.2) is 30.7 Å². The molecular formula is C13H13FN4OS. The van der Waals surface area contributed by atoms with Crippen LogP contribution in [0.5, 0.6) is 0 Å². The third-order valence-electron chi connectivity index (χ3n) is 2.83. The van der Waals surface area contributed by atoms with E-state index in [0.717, 1.165) is 0 Å². The van der Waals surface area contributed by atoms with E-state index in [9.17, 15) is 9.18 Å². The van der Waals surface area contributed by atoms with Crippen molar-refractivity contribution < 1.29 is 9.18 Å². The van der Waals surface area contributed by atoms with Crippen molar-refractivity contribution >= 4 is 23.1 Å². The fraction of sp³-hybridized carbons (Fsp3) is 0.154. The van der Waals surface area contributed by atoms with Crippen LogP contribution in [-0.4, -0.2) is 20.4 Å². The van der Waals surface area contributed by atoms with Crippen molar-refractivity contribution in [2.24, 2.45) is 12.8 Å². The molecular weight excluding hydrogens is 279 g/mol. The molecule has 0 saturated carbocycles. The number of aromatic nitrogens is 2. The molecule has 0 aliphatic heterocycles. The molecule has 2 rings (SSSR count). The molecule has 104 valence electrons. The zero-order chi connectivity index (χ0) is 14.7. The summed E-state index contributed by atoms with van der Waals surface area (Å²) in [4.78, 5) is 15.8. The molecule has 0 fully saturated rings. The summed E-state index contributed by atoms with van der Waals surface area (Å²) in [6.45, 7) is 0.0768. The smallest absolute Gasteiger partial charge is 0.269 e. The Bertz CT molecular complexity index is 668. The van der Waals surface area contributed by atoms with Gasteiger partial charge in [-0.1, -0.05) is 24.4 Å². The molecule has 0 aliphatic rings. The summed E-state index contributed by atoms with van der Waals surface area (Å²) in [5, 5.41) is 2.63. The number of amides is 1. The zero-order valence-corrected chi connectivity index (χ0v) is 11.6. The lowest BCUT2D eigenvalue weighted by Crippen LogP contribution is -2.25. The second-order valence-electron chi connectivity index (χ2n) is 4.24. The number of aryl methyl sites for hydroxylation is 1. The van der Waals surface area contributed by atoms with Crippen LogP contribution < -0.4 is 11.1 Å². The molecule has 0 saturated heterocycles. The highest BCUT2D eigenvalue weighted by Crippen LogP contribution is 2.10. The van der Waals surface area contributed by atoms with E-state index in [4.69, 9.17) is 18.0 Å². The van der Waals surface area contributed by atoms with Crippen LogP contribution in [0, 0.1) is 5.82 Å². The van der Waals surface area contributed by atoms with Gasteiger partial charge in [0.05, 0.1) is 12.5 Å². The minimum atomic E-state index is -0.458. The van der Waals surface area contributed by atoms with Crippen molar-refractivity contribution in [1.29, 1.82) is 0 Å². The van der Waals surface area contributed by atoms with Gasteiger partial charge in [0.15, 0.2) is 0 Å². The van der Waals surface area contributed by atoms with Gasteiger partial charge < -0.3 is 15.6 Å². The first kappa shape index (κ1) is 14.1. The number of benzene rings is 1. The van der Waals surface area contributed by atoms with Gasteiger partial charge in [-0.25, -0.2) is 9.37 Å². The fourth-order valence-corrected chi connectivity index (χ4v) is 1.81. The van der Waals surface area contributed by atoms with E-state index < -0.39 is 5.82 Å². The average molecular weight is 292 g/mol. The second-order valence-corrected chi connectivity index (χ2v) is 4.68. The number of hydrogen-bond acceptors (Lipinski definition) is 3. The summed E-state index contributed by atoms with van der Waals surface area (Å²) in [5.74, 6) is -0.775. The quantitative estimate of drug-likeness (QED) is 0.828. The van der Waals surface area contributed by atoms with E-state index in [1.54, 1.807) is 23.7 Å². The maximum atomic E-state index is 13.8. The Kier molecular flexibility index (Phi) is 4.09. The van der Waals surface area contributed by atoms with E-state index >= 15 is 0 Å². The maximum Gasteiger partial charge on any atom is 0.269 e. The second kappa shape index (κ2) is 5.79. The normalized spacial score (nSPS) is 10.3. The van der Waals surface area contributed by atoms with Crippen LogP contribution in [0.1, 0.15) is 21.6 Å². The Balaban J connectivity index is 2.06. The Morgan fingerprint density at radius 3 is 2.85 bits per heavy atom. The molecule has 20 heavy (non-hydrogen) atoms. The summed E-state index contributed by atoms with van der Waals surface area (Å²) >= 11 is 4.77. The van der Waals surface area contributed by atoms with Crippen LogP contribution in [0.4, 0.5) is 4.39 Å². The lowest BCUT2D eigenvalue weighted by Gasteiger charge is -2.08. The maximum absolute atomic E-state index is 13.8. The van der Waals surface area contributed by atoms with Crippen LogP contribution in [0.25, 0.3) is 0 Å². The van der Waals surface area contributed by atoms with E-state index in [1.165, 1.54) is 18.6 Å². The van der Waals surface area contributed by atoms with E-state index in [2.05, 4.69) is 10.3 Å². The van der Waals surface area contributed by atoms with Crippen molar-refractivity contribution in [2.45, 2.75) is 6.54 Å². The van der Waals surface area contributed by atoms with Gasteiger partial charge in [-0.05, 0) is 6.07 Å². The van der Waals surface area contributed by atoms with Crippen molar-refractivity contribution in [3.05, 3.63) is 53.4 Å². The molecule has 1 aromatic carbocycles. The Labute approximate surface area is 120 Å². The molecule has 0 spiro atoms. The minimum Gasteiger partial charge on any atom is -0.389 e. The Morgan fingerprint density at radius 2 is 2.30 bits per heavy atom. The molecule has 1 aromatic heterocycles. The first-order valence-corrected chi connectivity index (χ1v) is 6.22. The van der Waals surface area contributed by atoms with Gasteiger partial charge in [-0.2, -0.15) is 0 Å². The molecule has 0 radical (unpaired) electrons. The summed E-state index contributed by atoms with van der Waals surface area (Å²) in [5.41, 5.74) is 6.65. The van der Waals surface area contributed by atoms with E-state index in [-0.39, 0.29) is 17.4 Å². The third kappa shape index (κ3) is 3.00. The lowest BCUT2D eigenvalue weighted by atomic mass is 10.1. The molecule has 3 N–H and O–H groups in total. The molecule has 0 atom stereocenters. The molecule has 1 amide bonds. The Hall–Kier alpha value is -2.28. The van der Waals surface area contributed by atoms with Crippen LogP contribution in [0.3, 0.4) is 0 Å². The number of carbonyl (C=O) groups excluding carboxylic acids is 1. The largest absolute Gasteiger partial charge is 0.389 e. The third-order valence-corrected chi connectivity index (χ3v) is 3.06. The number of nitrogens with two attached hydrogens (primary N) is 1.